The first kappa shape index (κ1) is 19.1. The Labute approximate surface area is 127 Å². The van der Waals surface area contributed by atoms with Gasteiger partial charge >= 0.3 is 0 Å². The molecule has 0 rings (SSSR count). The van der Waals surface area contributed by atoms with Crippen LogP contribution in [0.1, 0.15) is 34.6 Å². The molecule has 0 aromatic heterocycles. The maximum atomic E-state index is 11.8. The molecular weight excluding hydrogens is 272 g/mol. The fourth-order valence-electron chi connectivity index (χ4n) is 1.40. The van der Waals surface area contributed by atoms with Crippen LogP contribution in [0.25, 0.3) is 0 Å². The Bertz CT molecular complexity index is 340. The Morgan fingerprint density at radius 2 is 1.80 bits per heavy atom. The predicted octanol–water partition coefficient (Wildman–Crippen LogP) is 1.46. The second-order valence-corrected chi connectivity index (χ2v) is 7.49. The summed E-state index contributed by atoms with van der Waals surface area (Å²) in [7, 11) is 1.66. The standard InChI is InChI=1S/C14H30N4OS/c1-8-16-12(18-10-14(4,5)20-7)17-9-13(2,3)11(19)15-6/h8-10H2,1-7H3,(H,15,19)(H2,16,17,18). The topological polar surface area (TPSA) is 65.5 Å². The minimum absolute atomic E-state index is 0.0188. The van der Waals surface area contributed by atoms with Crippen molar-refractivity contribution in [2.45, 2.75) is 39.4 Å². The quantitative estimate of drug-likeness (QED) is 0.492. The lowest BCUT2D eigenvalue weighted by molar-refractivity contribution is -0.128. The second-order valence-electron chi connectivity index (χ2n) is 5.98. The van der Waals surface area contributed by atoms with Gasteiger partial charge in [0, 0.05) is 24.9 Å². The van der Waals surface area contributed by atoms with Crippen LogP contribution in [0.3, 0.4) is 0 Å². The summed E-state index contributed by atoms with van der Waals surface area (Å²) in [5, 5.41) is 9.13. The number of carbonyl (C=O) groups excluding carboxylic acids is 1. The predicted molar refractivity (Wildman–Crippen MR) is 89.4 cm³/mol. The summed E-state index contributed by atoms with van der Waals surface area (Å²) < 4.78 is 0.110. The molecule has 0 unspecified atom stereocenters. The summed E-state index contributed by atoms with van der Waals surface area (Å²) in [6, 6.07) is 0. The van der Waals surface area contributed by atoms with E-state index in [1.807, 2.05) is 20.8 Å². The molecule has 0 aromatic carbocycles. The zero-order valence-corrected chi connectivity index (χ0v) is 14.7. The van der Waals surface area contributed by atoms with Crippen LogP contribution in [0, 0.1) is 5.41 Å². The summed E-state index contributed by atoms with van der Waals surface area (Å²) >= 11 is 1.79. The van der Waals surface area contributed by atoms with Crippen LogP contribution in [-0.2, 0) is 4.79 Å². The first-order valence-corrected chi connectivity index (χ1v) is 8.20. The van der Waals surface area contributed by atoms with Crippen molar-refractivity contribution >= 4 is 23.6 Å². The van der Waals surface area contributed by atoms with Gasteiger partial charge < -0.3 is 16.0 Å². The molecule has 0 fully saturated rings. The van der Waals surface area contributed by atoms with Crippen molar-refractivity contribution in [1.29, 1.82) is 0 Å². The summed E-state index contributed by atoms with van der Waals surface area (Å²) in [6.45, 7) is 12.2. The number of guanidine groups is 1. The number of hydrogen-bond donors (Lipinski definition) is 3. The van der Waals surface area contributed by atoms with Gasteiger partial charge in [0.1, 0.15) is 0 Å². The van der Waals surface area contributed by atoms with Crippen molar-refractivity contribution < 1.29 is 4.79 Å². The molecule has 0 aromatic rings. The van der Waals surface area contributed by atoms with Gasteiger partial charge in [0.2, 0.25) is 5.91 Å². The SMILES string of the molecule is CCNC(=NCC(C)(C)SC)NCC(C)(C)C(=O)NC. The fourth-order valence-corrected chi connectivity index (χ4v) is 1.59. The maximum absolute atomic E-state index is 11.8. The van der Waals surface area contributed by atoms with Crippen molar-refractivity contribution in [2.75, 3.05) is 32.9 Å². The highest BCUT2D eigenvalue weighted by Gasteiger charge is 2.26. The molecule has 0 aliphatic heterocycles. The third kappa shape index (κ3) is 7.03. The van der Waals surface area contributed by atoms with Crippen LogP contribution in [0.2, 0.25) is 0 Å². The lowest BCUT2D eigenvalue weighted by Gasteiger charge is -2.25. The number of amides is 1. The number of hydrogen-bond acceptors (Lipinski definition) is 3. The zero-order valence-electron chi connectivity index (χ0n) is 13.9. The summed E-state index contributed by atoms with van der Waals surface area (Å²) in [6.07, 6.45) is 2.09. The molecule has 0 radical (unpaired) electrons. The number of carbonyl (C=O) groups is 1. The average molecular weight is 302 g/mol. The van der Waals surface area contributed by atoms with Gasteiger partial charge in [0.25, 0.3) is 0 Å². The van der Waals surface area contributed by atoms with E-state index in [4.69, 9.17) is 0 Å². The second kappa shape index (κ2) is 8.39. The van der Waals surface area contributed by atoms with Crippen molar-refractivity contribution in [1.82, 2.24) is 16.0 Å². The fraction of sp³-hybridized carbons (Fsp3) is 0.857. The molecule has 0 saturated carbocycles. The summed E-state index contributed by atoms with van der Waals surface area (Å²) in [5.74, 6) is 0.775. The third-order valence-electron chi connectivity index (χ3n) is 3.05. The molecule has 0 aliphatic carbocycles. The Morgan fingerprint density at radius 1 is 1.20 bits per heavy atom. The molecule has 1 amide bonds. The van der Waals surface area contributed by atoms with E-state index < -0.39 is 5.41 Å². The van der Waals surface area contributed by atoms with Crippen molar-refractivity contribution in [3.05, 3.63) is 0 Å². The lowest BCUT2D eigenvalue weighted by Crippen LogP contribution is -2.47. The normalized spacial score (nSPS) is 13.1. The molecule has 0 bridgehead atoms. The highest BCUT2D eigenvalue weighted by Crippen LogP contribution is 2.21. The minimum atomic E-state index is -0.472. The Hall–Kier alpha value is -0.910. The smallest absolute Gasteiger partial charge is 0.227 e. The van der Waals surface area contributed by atoms with Gasteiger partial charge in [-0.25, -0.2) is 0 Å². The molecule has 0 saturated heterocycles. The van der Waals surface area contributed by atoms with Gasteiger partial charge in [0.15, 0.2) is 5.96 Å². The zero-order chi connectivity index (χ0) is 15.8. The highest BCUT2D eigenvalue weighted by molar-refractivity contribution is 7.99. The van der Waals surface area contributed by atoms with Gasteiger partial charge in [-0.2, -0.15) is 11.8 Å². The van der Waals surface area contributed by atoms with E-state index in [0.29, 0.717) is 6.54 Å². The van der Waals surface area contributed by atoms with Gasteiger partial charge in [-0.3, -0.25) is 9.79 Å². The van der Waals surface area contributed by atoms with E-state index in [9.17, 15) is 4.79 Å². The molecule has 0 atom stereocenters. The molecule has 3 N–H and O–H groups in total. The van der Waals surface area contributed by atoms with Crippen LogP contribution in [0.5, 0.6) is 0 Å². The van der Waals surface area contributed by atoms with Crippen molar-refractivity contribution in [3.63, 3.8) is 0 Å². The van der Waals surface area contributed by atoms with Crippen LogP contribution in [0.4, 0.5) is 0 Å². The van der Waals surface area contributed by atoms with Crippen LogP contribution in [0.15, 0.2) is 4.99 Å². The van der Waals surface area contributed by atoms with Crippen molar-refractivity contribution in [3.8, 4) is 0 Å². The van der Waals surface area contributed by atoms with Crippen LogP contribution < -0.4 is 16.0 Å². The lowest BCUT2D eigenvalue weighted by atomic mass is 9.92. The average Bonchev–Trinajstić information content (AvgIpc) is 2.41. The van der Waals surface area contributed by atoms with E-state index in [2.05, 4.69) is 41.0 Å². The third-order valence-corrected chi connectivity index (χ3v) is 4.29. The molecule has 20 heavy (non-hydrogen) atoms. The van der Waals surface area contributed by atoms with Gasteiger partial charge in [-0.05, 0) is 40.9 Å². The first-order chi connectivity index (χ1) is 9.18. The Morgan fingerprint density at radius 3 is 2.25 bits per heavy atom. The molecular formula is C14H30N4OS. The van der Waals surface area contributed by atoms with E-state index in [-0.39, 0.29) is 10.7 Å². The highest BCUT2D eigenvalue weighted by atomic mass is 32.2. The van der Waals surface area contributed by atoms with E-state index in [1.165, 1.54) is 0 Å². The van der Waals surface area contributed by atoms with Crippen molar-refractivity contribution in [2.24, 2.45) is 10.4 Å². The monoisotopic (exact) mass is 302 g/mol. The maximum Gasteiger partial charge on any atom is 0.227 e. The number of nitrogens with zero attached hydrogens (tertiary/aromatic N) is 1. The molecule has 5 nitrogen and oxygen atoms in total. The van der Waals surface area contributed by atoms with Crippen LogP contribution >= 0.6 is 11.8 Å². The number of nitrogens with one attached hydrogen (secondary N) is 3. The van der Waals surface area contributed by atoms with E-state index in [0.717, 1.165) is 19.0 Å². The summed E-state index contributed by atoms with van der Waals surface area (Å²) in [5.41, 5.74) is -0.472. The number of thioether (sulfide) groups is 1. The van der Waals surface area contributed by atoms with E-state index >= 15 is 0 Å². The largest absolute Gasteiger partial charge is 0.359 e. The van der Waals surface area contributed by atoms with Gasteiger partial charge in [-0.15, -0.1) is 0 Å². The first-order valence-electron chi connectivity index (χ1n) is 6.98. The Balaban J connectivity index is 4.63. The molecule has 6 heteroatoms. The summed E-state index contributed by atoms with van der Waals surface area (Å²) in [4.78, 5) is 16.3. The molecule has 118 valence electrons. The molecule has 0 heterocycles. The minimum Gasteiger partial charge on any atom is -0.359 e. The Kier molecular flexibility index (Phi) is 8.01. The molecule has 0 spiro atoms. The number of rotatable bonds is 7. The van der Waals surface area contributed by atoms with Crippen LogP contribution in [-0.4, -0.2) is 49.6 Å². The molecule has 0 aliphatic rings. The van der Waals surface area contributed by atoms with E-state index in [1.54, 1.807) is 18.8 Å². The van der Waals surface area contributed by atoms with Gasteiger partial charge in [-0.1, -0.05) is 0 Å². The number of aliphatic imine (C=N–C) groups is 1. The van der Waals surface area contributed by atoms with Gasteiger partial charge in [0.05, 0.1) is 12.0 Å².